The second-order valence-corrected chi connectivity index (χ2v) is 19.7. The number of allylic oxidation sites excluding steroid dienone is 8. The third kappa shape index (κ3) is 5.13. The van der Waals surface area contributed by atoms with Crippen LogP contribution in [0.5, 0.6) is 0 Å². The molecule has 6 saturated carbocycles. The number of carbonyl (C=O) groups is 8. The van der Waals surface area contributed by atoms with Crippen LogP contribution in [0.2, 0.25) is 0 Å². The first-order valence-corrected chi connectivity index (χ1v) is 21.0. The fraction of sp³-hybridized carbons (Fsp3) is 0.652. The minimum atomic E-state index is -1.86. The molecule has 0 heterocycles. The predicted molar refractivity (Wildman–Crippen MR) is 205 cm³/mol. The molecule has 0 aromatic carbocycles. The van der Waals surface area contributed by atoms with Gasteiger partial charge in [-0.25, -0.2) is 0 Å². The third-order valence-corrected chi connectivity index (χ3v) is 17.6. The summed E-state index contributed by atoms with van der Waals surface area (Å²) in [4.78, 5) is 110. The van der Waals surface area contributed by atoms with Gasteiger partial charge in [0.25, 0.3) is 0 Å². The van der Waals surface area contributed by atoms with Crippen molar-refractivity contribution in [2.75, 3.05) is 13.2 Å². The monoisotopic (exact) mass is 798 g/mol. The molecule has 6 fully saturated rings. The normalized spacial score (nSPS) is 44.0. The van der Waals surface area contributed by atoms with E-state index in [9.17, 15) is 58.8 Å². The van der Waals surface area contributed by atoms with E-state index in [-0.39, 0.29) is 84.9 Å². The second kappa shape index (κ2) is 13.3. The zero-order valence-electron chi connectivity index (χ0n) is 33.7. The molecule has 58 heavy (non-hydrogen) atoms. The highest BCUT2D eigenvalue weighted by atomic mass is 16.3. The Kier molecular flexibility index (Phi) is 9.40. The Balaban J connectivity index is 1.06. The van der Waals surface area contributed by atoms with Crippen molar-refractivity contribution in [1.82, 2.24) is 0 Å². The maximum atomic E-state index is 14.5. The average molecular weight is 799 g/mol. The summed E-state index contributed by atoms with van der Waals surface area (Å²) in [6.45, 7) is 5.40. The number of hydrogen-bond donors (Lipinski definition) is 4. The highest BCUT2D eigenvalue weighted by molar-refractivity contribution is 6.14. The van der Waals surface area contributed by atoms with Gasteiger partial charge in [-0.2, -0.15) is 0 Å². The first-order valence-electron chi connectivity index (χ1n) is 21.0. The predicted octanol–water partition coefficient (Wildman–Crippen LogP) is 3.20. The van der Waals surface area contributed by atoms with E-state index in [0.717, 1.165) is 0 Å². The van der Waals surface area contributed by atoms with E-state index in [1.165, 1.54) is 24.3 Å². The molecule has 310 valence electrons. The van der Waals surface area contributed by atoms with Crippen molar-refractivity contribution < 1.29 is 58.8 Å². The van der Waals surface area contributed by atoms with Crippen molar-refractivity contribution in [2.45, 2.75) is 116 Å². The molecule has 4 N–H and O–H groups in total. The largest absolute Gasteiger partial charge is 0.388 e. The first-order chi connectivity index (χ1) is 27.2. The lowest BCUT2D eigenvalue weighted by Gasteiger charge is -2.58. The molecule has 8 aliphatic carbocycles. The highest BCUT2D eigenvalue weighted by Gasteiger charge is 2.71. The van der Waals surface area contributed by atoms with Crippen LogP contribution in [0.25, 0.3) is 0 Å². The molecule has 8 aliphatic rings. The van der Waals surface area contributed by atoms with Gasteiger partial charge in [0.1, 0.15) is 36.0 Å². The molecule has 0 amide bonds. The van der Waals surface area contributed by atoms with Crippen LogP contribution in [0.15, 0.2) is 46.6 Å². The minimum absolute atomic E-state index is 0.110. The number of ketones is 8. The fourth-order valence-corrected chi connectivity index (χ4v) is 14.7. The van der Waals surface area contributed by atoms with Crippen LogP contribution in [0, 0.1) is 57.2 Å². The molecule has 0 aliphatic heterocycles. The Morgan fingerprint density at radius 1 is 0.586 bits per heavy atom. The van der Waals surface area contributed by atoms with Crippen LogP contribution in [0.4, 0.5) is 0 Å². The van der Waals surface area contributed by atoms with Gasteiger partial charge in [-0.1, -0.05) is 38.8 Å². The molecule has 0 unspecified atom stereocenters. The SMILES string of the molecule is C[C@@]12C(=CC(=O)C=C1C(=O)CCC(=O)C1=CC(=O)C=C3CC[C@@H]4[C@H](C(=O)C[C@@]5(C)[C@H]4CC[C@]5(O)C(=O)CO)[C@]31C)CC[C@@H]1[C@@H]2C(=O)C[C@@]2(C)[C@H]1CC[C@]2(O)C(=O)CO. The van der Waals surface area contributed by atoms with E-state index in [4.69, 9.17) is 0 Å². The summed E-state index contributed by atoms with van der Waals surface area (Å²) in [5.74, 6) is -6.20. The lowest BCUT2D eigenvalue weighted by atomic mass is 9.45. The minimum Gasteiger partial charge on any atom is -0.388 e. The van der Waals surface area contributed by atoms with Crippen LogP contribution < -0.4 is 0 Å². The lowest BCUT2D eigenvalue weighted by molar-refractivity contribution is -0.170. The Bertz CT molecular complexity index is 1970. The van der Waals surface area contributed by atoms with Gasteiger partial charge in [0.15, 0.2) is 34.7 Å². The Morgan fingerprint density at radius 2 is 0.948 bits per heavy atom. The molecular weight excluding hydrogens is 744 g/mol. The van der Waals surface area contributed by atoms with Gasteiger partial charge in [-0.3, -0.25) is 38.4 Å². The molecule has 12 heteroatoms. The number of fused-ring (bicyclic) bond motifs is 10. The molecule has 12 atom stereocenters. The van der Waals surface area contributed by atoms with Gasteiger partial charge in [0.05, 0.1) is 0 Å². The maximum Gasteiger partial charge on any atom is 0.190 e. The van der Waals surface area contributed by atoms with Crippen molar-refractivity contribution in [3.63, 3.8) is 0 Å². The second-order valence-electron chi connectivity index (χ2n) is 19.7. The number of rotatable bonds is 9. The van der Waals surface area contributed by atoms with Crippen molar-refractivity contribution >= 4 is 46.3 Å². The van der Waals surface area contributed by atoms with Crippen molar-refractivity contribution in [2.24, 2.45) is 57.2 Å². The molecule has 0 spiro atoms. The van der Waals surface area contributed by atoms with Gasteiger partial charge in [-0.05, 0) is 99.3 Å². The van der Waals surface area contributed by atoms with Crippen molar-refractivity contribution in [3.8, 4) is 0 Å². The summed E-state index contributed by atoms with van der Waals surface area (Å²) in [6, 6.07) is 0. The number of aliphatic hydroxyl groups is 4. The summed E-state index contributed by atoms with van der Waals surface area (Å²) in [5, 5.41) is 42.7. The number of Topliss-reactive ketones (excluding diaryl/α,β-unsaturated/α-hetero) is 6. The van der Waals surface area contributed by atoms with E-state index in [0.29, 0.717) is 49.7 Å². The van der Waals surface area contributed by atoms with Crippen LogP contribution in [-0.4, -0.2) is 91.1 Å². The number of hydrogen-bond acceptors (Lipinski definition) is 12. The van der Waals surface area contributed by atoms with Crippen molar-refractivity contribution in [3.05, 3.63) is 46.6 Å². The van der Waals surface area contributed by atoms with Crippen molar-refractivity contribution in [1.29, 1.82) is 0 Å². The zero-order chi connectivity index (χ0) is 42.1. The quantitative estimate of drug-likeness (QED) is 0.265. The van der Waals surface area contributed by atoms with Crippen LogP contribution in [0.3, 0.4) is 0 Å². The molecule has 0 bridgehead atoms. The van der Waals surface area contributed by atoms with E-state index < -0.39 is 92.6 Å². The van der Waals surface area contributed by atoms with Gasteiger partial charge in [-0.15, -0.1) is 0 Å². The van der Waals surface area contributed by atoms with E-state index in [1.807, 2.05) is 0 Å². The number of aliphatic hydroxyl groups excluding tert-OH is 2. The topological polar surface area (TPSA) is 217 Å². The zero-order valence-corrected chi connectivity index (χ0v) is 33.7. The van der Waals surface area contributed by atoms with Gasteiger partial charge < -0.3 is 20.4 Å². The van der Waals surface area contributed by atoms with Crippen LogP contribution in [0.1, 0.15) is 105 Å². The van der Waals surface area contributed by atoms with Gasteiger partial charge in [0.2, 0.25) is 0 Å². The van der Waals surface area contributed by atoms with Crippen LogP contribution >= 0.6 is 0 Å². The van der Waals surface area contributed by atoms with E-state index in [1.54, 1.807) is 27.7 Å². The summed E-state index contributed by atoms with van der Waals surface area (Å²) in [7, 11) is 0. The van der Waals surface area contributed by atoms with E-state index in [2.05, 4.69) is 0 Å². The van der Waals surface area contributed by atoms with Gasteiger partial charge >= 0.3 is 0 Å². The Labute approximate surface area is 337 Å². The summed E-state index contributed by atoms with van der Waals surface area (Å²) in [5.41, 5.74) is -6.67. The molecule has 0 aromatic rings. The standard InChI is InChI=1S/C46H54O12/c1-41-19-35(53)39-27(29(41)11-13-45(41,57)37(55)21-47)7-5-23-15-25(49)17-31(43(23,39)3)33(51)9-10-34(52)32-18-26(50)16-24-6-8-28-30-12-14-46(58,38(56)22-48)42(30,2)20-36(54)40(28)44(24,32)4/h15-18,27-30,39-40,47-48,57-58H,5-14,19-22H2,1-4H3/t27-,28-,29-,30-,39+,40+,41-,42-,43+,44+,45-,46-/m0/s1. The van der Waals surface area contributed by atoms with Gasteiger partial charge in [0, 0.05) is 70.3 Å². The Hall–Kier alpha value is -3.84. The highest BCUT2D eigenvalue weighted by Crippen LogP contribution is 2.69. The summed E-state index contributed by atoms with van der Waals surface area (Å²) in [6.07, 6.45) is 7.60. The summed E-state index contributed by atoms with van der Waals surface area (Å²) < 4.78 is 0. The average Bonchev–Trinajstić information content (AvgIpc) is 3.61. The molecular formula is C46H54O12. The summed E-state index contributed by atoms with van der Waals surface area (Å²) >= 11 is 0. The Morgan fingerprint density at radius 3 is 1.29 bits per heavy atom. The lowest BCUT2D eigenvalue weighted by Crippen LogP contribution is -2.61. The first kappa shape index (κ1) is 40.9. The smallest absolute Gasteiger partial charge is 0.190 e. The molecule has 8 rings (SSSR count). The van der Waals surface area contributed by atoms with Crippen LogP contribution in [-0.2, 0) is 38.4 Å². The fourth-order valence-electron chi connectivity index (χ4n) is 14.7. The number of carbonyl (C=O) groups excluding carboxylic acids is 8. The molecule has 0 radical (unpaired) electrons. The van der Waals surface area contributed by atoms with E-state index >= 15 is 0 Å². The molecule has 12 nitrogen and oxygen atoms in total. The molecule has 0 aromatic heterocycles. The maximum absolute atomic E-state index is 14.5. The molecule has 0 saturated heterocycles. The third-order valence-electron chi connectivity index (χ3n) is 17.6.